The molecule has 0 fully saturated rings. The van der Waals surface area contributed by atoms with Crippen LogP contribution in [0.3, 0.4) is 0 Å². The Hall–Kier alpha value is -3.41. The number of aromatic nitrogens is 2. The van der Waals surface area contributed by atoms with Gasteiger partial charge in [0, 0.05) is 6.08 Å². The van der Waals surface area contributed by atoms with E-state index in [0.717, 1.165) is 11.1 Å². The minimum Gasteiger partial charge on any atom is -0.493 e. The lowest BCUT2D eigenvalue weighted by molar-refractivity contribution is -0.139. The zero-order valence-corrected chi connectivity index (χ0v) is 14.3. The summed E-state index contributed by atoms with van der Waals surface area (Å²) >= 11 is 0. The Morgan fingerprint density at radius 3 is 2.69 bits per heavy atom. The Morgan fingerprint density at radius 1 is 1.12 bits per heavy atom. The first kappa shape index (κ1) is 17.4. The van der Waals surface area contributed by atoms with Crippen molar-refractivity contribution in [3.05, 3.63) is 72.1 Å². The fourth-order valence-electron chi connectivity index (χ4n) is 2.27. The number of carbonyl (C=O) groups excluding carboxylic acids is 1. The van der Waals surface area contributed by atoms with Gasteiger partial charge in [0.05, 0.1) is 12.2 Å². The van der Waals surface area contributed by atoms with Crippen molar-refractivity contribution in [2.75, 3.05) is 6.61 Å². The van der Waals surface area contributed by atoms with E-state index in [1.807, 2.05) is 61.5 Å². The first-order valence-corrected chi connectivity index (χ1v) is 8.21. The van der Waals surface area contributed by atoms with Crippen LogP contribution < -0.4 is 4.74 Å². The zero-order valence-electron chi connectivity index (χ0n) is 14.3. The summed E-state index contributed by atoms with van der Waals surface area (Å²) in [7, 11) is 0. The second-order valence-electron chi connectivity index (χ2n) is 5.29. The monoisotopic (exact) mass is 350 g/mol. The minimum absolute atomic E-state index is 0.0955. The maximum absolute atomic E-state index is 11.8. The molecule has 6 heteroatoms. The van der Waals surface area contributed by atoms with E-state index in [0.29, 0.717) is 18.2 Å². The summed E-state index contributed by atoms with van der Waals surface area (Å²) in [4.78, 5) is 16.0. The molecule has 0 spiro atoms. The molecule has 0 saturated carbocycles. The summed E-state index contributed by atoms with van der Waals surface area (Å²) in [6.45, 7) is 2.34. The molecule has 0 amide bonds. The van der Waals surface area contributed by atoms with Gasteiger partial charge in [0.25, 0.3) is 5.89 Å². The molecule has 0 atom stereocenters. The smallest absolute Gasteiger partial charge is 0.331 e. The van der Waals surface area contributed by atoms with Gasteiger partial charge in [-0.3, -0.25) is 0 Å². The highest BCUT2D eigenvalue weighted by molar-refractivity contribution is 5.86. The van der Waals surface area contributed by atoms with Crippen molar-refractivity contribution < 1.29 is 18.8 Å². The summed E-state index contributed by atoms with van der Waals surface area (Å²) < 4.78 is 15.8. The first-order valence-electron chi connectivity index (χ1n) is 8.21. The summed E-state index contributed by atoms with van der Waals surface area (Å²) in [6, 6.07) is 16.9. The lowest BCUT2D eigenvalue weighted by Crippen LogP contribution is -2.01. The summed E-state index contributed by atoms with van der Waals surface area (Å²) in [6.07, 6.45) is 3.04. The van der Waals surface area contributed by atoms with Gasteiger partial charge in [0.2, 0.25) is 5.82 Å². The normalized spacial score (nSPS) is 10.8. The van der Waals surface area contributed by atoms with E-state index >= 15 is 0 Å². The van der Waals surface area contributed by atoms with Crippen LogP contribution in [0.25, 0.3) is 17.5 Å². The largest absolute Gasteiger partial charge is 0.493 e. The van der Waals surface area contributed by atoms with Crippen LogP contribution in [-0.4, -0.2) is 22.7 Å². The second kappa shape index (κ2) is 8.62. The van der Waals surface area contributed by atoms with Crippen LogP contribution in [0.15, 0.2) is 65.2 Å². The van der Waals surface area contributed by atoms with Gasteiger partial charge in [-0.05, 0) is 30.7 Å². The molecule has 3 rings (SSSR count). The van der Waals surface area contributed by atoms with Crippen LogP contribution in [-0.2, 0) is 16.1 Å². The SMILES string of the molecule is CCOc1ccccc1-c1noc(COC(=O)/C=C/c2ccccc2)n1. The van der Waals surface area contributed by atoms with E-state index in [2.05, 4.69) is 10.1 Å². The van der Waals surface area contributed by atoms with E-state index in [4.69, 9.17) is 14.0 Å². The van der Waals surface area contributed by atoms with Crippen molar-refractivity contribution in [2.24, 2.45) is 0 Å². The van der Waals surface area contributed by atoms with Gasteiger partial charge in [-0.1, -0.05) is 47.6 Å². The molecule has 0 aliphatic carbocycles. The van der Waals surface area contributed by atoms with Crippen molar-refractivity contribution in [1.29, 1.82) is 0 Å². The quantitative estimate of drug-likeness (QED) is 0.475. The molecule has 0 saturated heterocycles. The first-order chi connectivity index (χ1) is 12.8. The predicted octanol–water partition coefficient (Wildman–Crippen LogP) is 3.89. The van der Waals surface area contributed by atoms with Crippen LogP contribution in [0.2, 0.25) is 0 Å². The molecule has 26 heavy (non-hydrogen) atoms. The number of carbonyl (C=O) groups is 1. The van der Waals surface area contributed by atoms with Gasteiger partial charge < -0.3 is 14.0 Å². The molecule has 132 valence electrons. The van der Waals surface area contributed by atoms with Crippen LogP contribution >= 0.6 is 0 Å². The Bertz CT molecular complexity index is 888. The molecule has 3 aromatic rings. The Labute approximate surface area is 151 Å². The van der Waals surface area contributed by atoms with Gasteiger partial charge in [-0.15, -0.1) is 0 Å². The molecule has 0 aliphatic rings. The molecule has 1 aromatic heterocycles. The van der Waals surface area contributed by atoms with Gasteiger partial charge in [0.1, 0.15) is 5.75 Å². The lowest BCUT2D eigenvalue weighted by atomic mass is 10.2. The topological polar surface area (TPSA) is 74.5 Å². The molecular weight excluding hydrogens is 332 g/mol. The van der Waals surface area contributed by atoms with Crippen LogP contribution in [0.5, 0.6) is 5.75 Å². The van der Waals surface area contributed by atoms with E-state index in [1.165, 1.54) is 6.08 Å². The Morgan fingerprint density at radius 2 is 1.88 bits per heavy atom. The highest BCUT2D eigenvalue weighted by Crippen LogP contribution is 2.27. The summed E-state index contributed by atoms with van der Waals surface area (Å²) in [5.74, 6) is 0.793. The number of rotatable bonds is 7. The number of esters is 1. The number of para-hydroxylation sites is 1. The number of nitrogens with zero attached hydrogens (tertiary/aromatic N) is 2. The summed E-state index contributed by atoms with van der Waals surface area (Å²) in [5, 5.41) is 3.93. The molecule has 2 aromatic carbocycles. The standard InChI is InChI=1S/C20H18N2O4/c1-2-24-17-11-7-6-10-16(17)20-21-18(26-22-20)14-25-19(23)13-12-15-8-4-3-5-9-15/h3-13H,2,14H2,1H3/b13-12+. The lowest BCUT2D eigenvalue weighted by Gasteiger charge is -2.05. The fourth-order valence-corrected chi connectivity index (χ4v) is 2.27. The minimum atomic E-state index is -0.483. The molecule has 0 radical (unpaired) electrons. The van der Waals surface area contributed by atoms with Crippen molar-refractivity contribution in [1.82, 2.24) is 10.1 Å². The number of benzene rings is 2. The van der Waals surface area contributed by atoms with Gasteiger partial charge in [-0.25, -0.2) is 4.79 Å². The third kappa shape index (κ3) is 4.57. The van der Waals surface area contributed by atoms with Crippen LogP contribution in [0, 0.1) is 0 Å². The van der Waals surface area contributed by atoms with Gasteiger partial charge in [0.15, 0.2) is 6.61 Å². The average Bonchev–Trinajstić information content (AvgIpc) is 3.15. The number of hydrogen-bond donors (Lipinski definition) is 0. The average molecular weight is 350 g/mol. The number of hydrogen-bond acceptors (Lipinski definition) is 6. The third-order valence-corrected chi connectivity index (χ3v) is 3.45. The Kier molecular flexibility index (Phi) is 5.77. The van der Waals surface area contributed by atoms with Crippen molar-refractivity contribution in [3.63, 3.8) is 0 Å². The zero-order chi connectivity index (χ0) is 18.2. The van der Waals surface area contributed by atoms with Gasteiger partial charge >= 0.3 is 5.97 Å². The van der Waals surface area contributed by atoms with E-state index in [1.54, 1.807) is 6.08 Å². The highest BCUT2D eigenvalue weighted by Gasteiger charge is 2.14. The molecule has 0 N–H and O–H groups in total. The van der Waals surface area contributed by atoms with Gasteiger partial charge in [-0.2, -0.15) is 4.98 Å². The maximum atomic E-state index is 11.8. The highest BCUT2D eigenvalue weighted by atomic mass is 16.6. The second-order valence-corrected chi connectivity index (χ2v) is 5.29. The van der Waals surface area contributed by atoms with E-state index in [9.17, 15) is 4.79 Å². The molecule has 6 nitrogen and oxygen atoms in total. The Balaban J connectivity index is 1.61. The fraction of sp³-hybridized carbons (Fsp3) is 0.150. The molecule has 0 bridgehead atoms. The summed E-state index contributed by atoms with van der Waals surface area (Å²) in [5.41, 5.74) is 1.64. The van der Waals surface area contributed by atoms with E-state index < -0.39 is 5.97 Å². The van der Waals surface area contributed by atoms with Crippen molar-refractivity contribution >= 4 is 12.0 Å². The maximum Gasteiger partial charge on any atom is 0.331 e. The molecular formula is C20H18N2O4. The number of ether oxygens (including phenoxy) is 2. The van der Waals surface area contributed by atoms with Crippen molar-refractivity contribution in [2.45, 2.75) is 13.5 Å². The molecule has 0 unspecified atom stereocenters. The molecule has 1 heterocycles. The van der Waals surface area contributed by atoms with E-state index in [-0.39, 0.29) is 12.5 Å². The van der Waals surface area contributed by atoms with Crippen LogP contribution in [0.1, 0.15) is 18.4 Å². The van der Waals surface area contributed by atoms with Crippen LogP contribution in [0.4, 0.5) is 0 Å². The third-order valence-electron chi connectivity index (χ3n) is 3.45. The predicted molar refractivity (Wildman–Crippen MR) is 96.2 cm³/mol. The van der Waals surface area contributed by atoms with Crippen molar-refractivity contribution in [3.8, 4) is 17.1 Å². The molecule has 0 aliphatic heterocycles.